The fourth-order valence-corrected chi connectivity index (χ4v) is 2.19. The van der Waals surface area contributed by atoms with Crippen LogP contribution in [0.2, 0.25) is 0 Å². The van der Waals surface area contributed by atoms with Gasteiger partial charge in [-0.2, -0.15) is 0 Å². The monoisotopic (exact) mass is 272 g/mol. The molecule has 1 aromatic heterocycles. The Balaban J connectivity index is 2.51. The summed E-state index contributed by atoms with van der Waals surface area (Å²) in [6.07, 6.45) is 0. The quantitative estimate of drug-likeness (QED) is 0.637. The number of hydrogen-bond acceptors (Lipinski definition) is 3. The van der Waals surface area contributed by atoms with Gasteiger partial charge in [-0.25, -0.2) is 0 Å². The highest BCUT2D eigenvalue weighted by molar-refractivity contribution is 5.33. The molecule has 104 valence electrons. The van der Waals surface area contributed by atoms with Gasteiger partial charge in [-0.1, -0.05) is 23.8 Å². The molecule has 0 unspecified atom stereocenters. The minimum absolute atomic E-state index is 0.346. The highest BCUT2D eigenvalue weighted by Crippen LogP contribution is 2.13. The lowest BCUT2D eigenvalue weighted by Gasteiger charge is -2.12. The first-order chi connectivity index (χ1) is 9.40. The van der Waals surface area contributed by atoms with Crippen LogP contribution in [0.3, 0.4) is 0 Å². The van der Waals surface area contributed by atoms with E-state index in [1.165, 1.54) is 10.6 Å². The zero-order valence-electron chi connectivity index (χ0n) is 11.7. The smallest absolute Gasteiger partial charge is 0.303 e. The molecule has 0 aliphatic heterocycles. The van der Waals surface area contributed by atoms with Gasteiger partial charge in [0.1, 0.15) is 0 Å². The van der Waals surface area contributed by atoms with Crippen molar-refractivity contribution in [3.63, 3.8) is 0 Å². The Morgan fingerprint density at radius 3 is 2.45 bits per heavy atom. The van der Waals surface area contributed by atoms with Crippen molar-refractivity contribution >= 4 is 5.69 Å². The molecular weight excluding hydrogens is 256 g/mol. The minimum atomic E-state index is -0.639. The summed E-state index contributed by atoms with van der Waals surface area (Å²) in [5.74, 6) is 0. The second-order valence-electron chi connectivity index (χ2n) is 4.94. The molecule has 0 N–H and O–H groups in total. The van der Waals surface area contributed by atoms with Crippen LogP contribution >= 0.6 is 0 Å². The summed E-state index contributed by atoms with van der Waals surface area (Å²) in [6.45, 7) is 6.09. The van der Waals surface area contributed by atoms with Gasteiger partial charge in [0.05, 0.1) is 11.5 Å². The van der Waals surface area contributed by atoms with Crippen LogP contribution in [-0.2, 0) is 6.54 Å². The molecule has 20 heavy (non-hydrogen) atoms. The maximum atomic E-state index is 12.1. The minimum Gasteiger partial charge on any atom is -0.303 e. The zero-order valence-corrected chi connectivity index (χ0v) is 11.7. The lowest BCUT2D eigenvalue weighted by atomic mass is 10.1. The Bertz CT molecular complexity index is 732. The van der Waals surface area contributed by atoms with Gasteiger partial charge in [-0.3, -0.25) is 14.9 Å². The zero-order chi connectivity index (χ0) is 14.9. The van der Waals surface area contributed by atoms with Crippen LogP contribution in [0.1, 0.15) is 22.4 Å². The van der Waals surface area contributed by atoms with Crippen LogP contribution < -0.4 is 5.56 Å². The Morgan fingerprint density at radius 2 is 1.85 bits per heavy atom. The van der Waals surface area contributed by atoms with E-state index in [1.807, 2.05) is 32.0 Å². The van der Waals surface area contributed by atoms with Crippen molar-refractivity contribution in [2.45, 2.75) is 27.3 Å². The molecule has 5 heteroatoms. The van der Waals surface area contributed by atoms with E-state index in [0.29, 0.717) is 12.2 Å². The number of pyridine rings is 1. The Kier molecular flexibility index (Phi) is 3.70. The molecular formula is C15H16N2O3. The van der Waals surface area contributed by atoms with Gasteiger partial charge in [0.2, 0.25) is 0 Å². The van der Waals surface area contributed by atoms with Crippen molar-refractivity contribution in [2.24, 2.45) is 0 Å². The van der Waals surface area contributed by atoms with Gasteiger partial charge in [0.25, 0.3) is 0 Å². The van der Waals surface area contributed by atoms with Crippen LogP contribution in [-0.4, -0.2) is 9.49 Å². The maximum Gasteiger partial charge on any atom is 0.334 e. The molecule has 0 aliphatic rings. The van der Waals surface area contributed by atoms with Gasteiger partial charge < -0.3 is 4.57 Å². The van der Waals surface area contributed by atoms with Gasteiger partial charge in [0, 0.05) is 11.8 Å². The highest BCUT2D eigenvalue weighted by Gasteiger charge is 2.16. The molecule has 5 nitrogen and oxygen atoms in total. The van der Waals surface area contributed by atoms with Gasteiger partial charge >= 0.3 is 11.2 Å². The standard InChI is InChI=1S/C15H16N2O3/c1-10-4-6-13(11(2)8-10)9-16-12(3)5-7-14(15(16)18)17(19)20/h4-8H,9H2,1-3H3. The third kappa shape index (κ3) is 2.61. The molecule has 0 amide bonds. The van der Waals surface area contributed by atoms with Crippen LogP contribution in [0, 0.1) is 30.9 Å². The van der Waals surface area contributed by atoms with Gasteiger partial charge in [-0.05, 0) is 38.0 Å². The molecule has 0 aliphatic carbocycles. The summed E-state index contributed by atoms with van der Waals surface area (Å²) >= 11 is 0. The van der Waals surface area contributed by atoms with Crippen molar-refractivity contribution in [1.29, 1.82) is 0 Å². The van der Waals surface area contributed by atoms with Crippen LogP contribution in [0.4, 0.5) is 5.69 Å². The molecule has 1 heterocycles. The Labute approximate surface area is 116 Å². The number of aromatic nitrogens is 1. The lowest BCUT2D eigenvalue weighted by molar-refractivity contribution is -0.386. The lowest BCUT2D eigenvalue weighted by Crippen LogP contribution is -2.25. The number of benzene rings is 1. The number of hydrogen-bond donors (Lipinski definition) is 0. The average Bonchev–Trinajstić information content (AvgIpc) is 2.36. The van der Waals surface area contributed by atoms with Crippen molar-refractivity contribution in [1.82, 2.24) is 4.57 Å². The number of nitrogens with zero attached hydrogens (tertiary/aromatic N) is 2. The van der Waals surface area contributed by atoms with E-state index in [-0.39, 0.29) is 5.69 Å². The summed E-state index contributed by atoms with van der Waals surface area (Å²) in [4.78, 5) is 22.3. The van der Waals surface area contributed by atoms with E-state index in [4.69, 9.17) is 0 Å². The summed E-state index contributed by atoms with van der Waals surface area (Å²) in [5.41, 5.74) is 2.97. The predicted octanol–water partition coefficient (Wildman–Crippen LogP) is 2.73. The fourth-order valence-electron chi connectivity index (χ4n) is 2.19. The molecule has 2 aromatic rings. The highest BCUT2D eigenvalue weighted by atomic mass is 16.6. The molecule has 0 bridgehead atoms. The molecule has 0 atom stereocenters. The predicted molar refractivity (Wildman–Crippen MR) is 77.1 cm³/mol. The van der Waals surface area contributed by atoms with Crippen molar-refractivity contribution in [3.05, 3.63) is 73.2 Å². The topological polar surface area (TPSA) is 65.1 Å². The van der Waals surface area contributed by atoms with E-state index in [0.717, 1.165) is 16.7 Å². The SMILES string of the molecule is Cc1ccc(Cn2c(C)ccc([N+](=O)[O-])c2=O)c(C)c1. The maximum absolute atomic E-state index is 12.1. The van der Waals surface area contributed by atoms with E-state index >= 15 is 0 Å². The largest absolute Gasteiger partial charge is 0.334 e. The molecule has 1 aromatic carbocycles. The van der Waals surface area contributed by atoms with Crippen LogP contribution in [0.25, 0.3) is 0 Å². The molecule has 0 saturated carbocycles. The Morgan fingerprint density at radius 1 is 1.15 bits per heavy atom. The average molecular weight is 272 g/mol. The molecule has 0 radical (unpaired) electrons. The second kappa shape index (κ2) is 5.28. The van der Waals surface area contributed by atoms with Crippen LogP contribution in [0.15, 0.2) is 35.1 Å². The Hall–Kier alpha value is -2.43. The van der Waals surface area contributed by atoms with Crippen LogP contribution in [0.5, 0.6) is 0 Å². The third-order valence-corrected chi connectivity index (χ3v) is 3.40. The van der Waals surface area contributed by atoms with E-state index < -0.39 is 10.5 Å². The van der Waals surface area contributed by atoms with Crippen molar-refractivity contribution in [2.75, 3.05) is 0 Å². The fraction of sp³-hybridized carbons (Fsp3) is 0.267. The summed E-state index contributed by atoms with van der Waals surface area (Å²) < 4.78 is 1.44. The number of aryl methyl sites for hydroxylation is 3. The van der Waals surface area contributed by atoms with Crippen molar-refractivity contribution in [3.8, 4) is 0 Å². The number of nitro groups is 1. The van der Waals surface area contributed by atoms with E-state index in [9.17, 15) is 14.9 Å². The summed E-state index contributed by atoms with van der Waals surface area (Å²) in [5, 5.41) is 10.8. The summed E-state index contributed by atoms with van der Waals surface area (Å²) in [6, 6.07) is 8.82. The van der Waals surface area contributed by atoms with Gasteiger partial charge in [-0.15, -0.1) is 0 Å². The molecule has 2 rings (SSSR count). The first-order valence-electron chi connectivity index (χ1n) is 6.31. The van der Waals surface area contributed by atoms with Gasteiger partial charge in [0.15, 0.2) is 0 Å². The third-order valence-electron chi connectivity index (χ3n) is 3.40. The van der Waals surface area contributed by atoms with E-state index in [2.05, 4.69) is 0 Å². The molecule has 0 saturated heterocycles. The number of rotatable bonds is 3. The first kappa shape index (κ1) is 14.0. The normalized spacial score (nSPS) is 10.6. The van der Waals surface area contributed by atoms with Crippen molar-refractivity contribution < 1.29 is 4.92 Å². The molecule has 0 fully saturated rings. The molecule has 0 spiro atoms. The van der Waals surface area contributed by atoms with E-state index in [1.54, 1.807) is 13.0 Å². The second-order valence-corrected chi connectivity index (χ2v) is 4.94. The summed E-state index contributed by atoms with van der Waals surface area (Å²) in [7, 11) is 0. The first-order valence-corrected chi connectivity index (χ1v) is 6.31.